The molecule has 0 saturated carbocycles. The first-order valence-electron chi connectivity index (χ1n) is 8.86. The molecule has 1 nitrogen and oxygen atoms in total. The molecule has 1 unspecified atom stereocenters. The summed E-state index contributed by atoms with van der Waals surface area (Å²) in [6.45, 7) is 21.7. The SMILES string of the molecule is CC1=[C-]C(C)C(C)=C1C.C[Si](C)=[Zr+2].Cc1cc(O)cc(C(C)(C)C)c1.[Cl-].[Cl-]. The van der Waals surface area contributed by atoms with Crippen molar-refractivity contribution in [3.05, 3.63) is 52.1 Å². The van der Waals surface area contributed by atoms with Gasteiger partial charge in [0.15, 0.2) is 0 Å². The Morgan fingerprint density at radius 3 is 1.67 bits per heavy atom. The maximum absolute atomic E-state index is 9.36. The molecule has 5 heteroatoms. The molecule has 152 valence electrons. The molecule has 0 aromatic heterocycles. The van der Waals surface area contributed by atoms with Crippen molar-refractivity contribution < 1.29 is 53.3 Å². The Balaban J connectivity index is -0.000000343. The second-order valence-corrected chi connectivity index (χ2v) is 17.5. The van der Waals surface area contributed by atoms with Crippen molar-refractivity contribution in [1.29, 1.82) is 0 Å². The fourth-order valence-corrected chi connectivity index (χ4v) is 2.36. The van der Waals surface area contributed by atoms with E-state index in [0.29, 0.717) is 11.7 Å². The number of aromatic hydroxyl groups is 1. The number of phenolic OH excluding ortho intramolecular Hbond substituents is 1. The number of aryl methyl sites for hydroxylation is 1. The van der Waals surface area contributed by atoms with Gasteiger partial charge in [-0.15, -0.1) is 6.92 Å². The normalized spacial score (nSPS) is 15.3. The Kier molecular flexibility index (Phi) is 16.8. The van der Waals surface area contributed by atoms with E-state index in [0.717, 1.165) is 5.56 Å². The summed E-state index contributed by atoms with van der Waals surface area (Å²) in [6, 6.07) is 5.71. The van der Waals surface area contributed by atoms with Gasteiger partial charge < -0.3 is 29.9 Å². The summed E-state index contributed by atoms with van der Waals surface area (Å²) in [7, 11) is 0. The molecule has 0 radical (unpaired) electrons. The largest absolute Gasteiger partial charge is 1.00 e. The Hall–Kier alpha value is 0.180. The predicted octanol–water partition coefficient (Wildman–Crippen LogP) is 0.512. The van der Waals surface area contributed by atoms with Gasteiger partial charge in [0.2, 0.25) is 0 Å². The predicted molar refractivity (Wildman–Crippen MR) is 109 cm³/mol. The van der Waals surface area contributed by atoms with Crippen molar-refractivity contribution in [3.8, 4) is 5.75 Å². The van der Waals surface area contributed by atoms with Gasteiger partial charge in [-0.25, -0.2) is 5.57 Å². The molecule has 0 saturated heterocycles. The number of allylic oxidation sites excluding steroid dienone is 4. The average molecular weight is 506 g/mol. The van der Waals surface area contributed by atoms with E-state index < -0.39 is 0 Å². The van der Waals surface area contributed by atoms with Crippen LogP contribution in [0.4, 0.5) is 0 Å². The Bertz CT molecular complexity index is 649. The van der Waals surface area contributed by atoms with Crippen molar-refractivity contribution in [3.63, 3.8) is 0 Å². The first-order valence-corrected chi connectivity index (χ1v) is 15.0. The molecule has 27 heavy (non-hydrogen) atoms. The first kappa shape index (κ1) is 31.9. The minimum Gasteiger partial charge on any atom is -1.00 e. The molecular weight excluding hydrogens is 470 g/mol. The van der Waals surface area contributed by atoms with Crippen molar-refractivity contribution in [1.82, 2.24) is 0 Å². The average Bonchev–Trinajstić information content (AvgIpc) is 2.63. The van der Waals surface area contributed by atoms with Gasteiger partial charge in [-0.3, -0.25) is 6.08 Å². The topological polar surface area (TPSA) is 20.2 Å². The van der Waals surface area contributed by atoms with Crippen LogP contribution in [0.15, 0.2) is 34.9 Å². The van der Waals surface area contributed by atoms with Crippen LogP contribution in [-0.4, -0.2) is 10.5 Å². The number of phenols is 1. The third-order valence-corrected chi connectivity index (χ3v) is 4.16. The molecule has 1 aliphatic carbocycles. The van der Waals surface area contributed by atoms with Crippen LogP contribution in [-0.2, 0) is 28.8 Å². The van der Waals surface area contributed by atoms with Gasteiger partial charge in [-0.2, -0.15) is 11.1 Å². The summed E-state index contributed by atoms with van der Waals surface area (Å²) < 4.78 is 0. The van der Waals surface area contributed by atoms with Crippen LogP contribution >= 0.6 is 0 Å². The van der Waals surface area contributed by atoms with Gasteiger partial charge in [-0.05, 0) is 35.6 Å². The standard InChI is InChI=1S/C11H16O.C9H13.C2H6Si.2ClH.Zr/c1-8-5-9(11(2,3)4)7-10(12)6-8;1-6-5-7(2)9(4)8(6)3;1-3-2;;;/h5-7,12H,1-4H3;6H,1-4H3;1-2H3;2*1H;/q;-1;;;;+2/p-2. The van der Waals surface area contributed by atoms with E-state index in [1.54, 1.807) is 29.4 Å². The van der Waals surface area contributed by atoms with Crippen LogP contribution in [0.2, 0.25) is 13.1 Å². The summed E-state index contributed by atoms with van der Waals surface area (Å²) in [5.41, 5.74) is 6.86. The first-order chi connectivity index (χ1) is 11.3. The molecule has 0 heterocycles. The number of halogens is 2. The molecule has 1 aromatic rings. The van der Waals surface area contributed by atoms with E-state index in [1.165, 1.54) is 22.3 Å². The Morgan fingerprint density at radius 2 is 1.44 bits per heavy atom. The maximum Gasteiger partial charge on any atom is 0.116 e. The molecule has 0 bridgehead atoms. The fourth-order valence-electron chi connectivity index (χ4n) is 2.36. The third-order valence-electron chi connectivity index (χ3n) is 4.16. The zero-order valence-corrected chi connectivity index (χ0v) is 23.5. The van der Waals surface area contributed by atoms with Crippen molar-refractivity contribution in [2.45, 2.75) is 73.9 Å². The molecule has 1 atom stereocenters. The van der Waals surface area contributed by atoms with Crippen LogP contribution in [0.25, 0.3) is 0 Å². The zero-order chi connectivity index (χ0) is 19.9. The molecular formula is C22H35Cl2OSiZr-. The van der Waals surface area contributed by atoms with E-state index in [4.69, 9.17) is 0 Å². The van der Waals surface area contributed by atoms with Crippen LogP contribution in [0.1, 0.15) is 59.6 Å². The Labute approximate surface area is 195 Å². The van der Waals surface area contributed by atoms with Crippen LogP contribution < -0.4 is 24.8 Å². The zero-order valence-electron chi connectivity index (χ0n) is 18.5. The van der Waals surface area contributed by atoms with Gasteiger partial charge in [-0.1, -0.05) is 53.5 Å². The summed E-state index contributed by atoms with van der Waals surface area (Å²) in [5, 5.41) is 9.36. The smallest absolute Gasteiger partial charge is 0.116 e. The van der Waals surface area contributed by atoms with E-state index in [9.17, 15) is 5.11 Å². The van der Waals surface area contributed by atoms with Gasteiger partial charge >= 0.3 is 41.9 Å². The molecule has 2 rings (SSSR count). The summed E-state index contributed by atoms with van der Waals surface area (Å²) in [5.74, 6) is 0.921. The minimum absolute atomic E-state index is 0. The number of hydrogen-bond donors (Lipinski definition) is 1. The number of hydrogen-bond acceptors (Lipinski definition) is 1. The molecule has 1 aliphatic rings. The van der Waals surface area contributed by atoms with E-state index in [1.807, 2.05) is 13.0 Å². The van der Waals surface area contributed by atoms with Crippen LogP contribution in [0.3, 0.4) is 0 Å². The molecule has 0 amide bonds. The quantitative estimate of drug-likeness (QED) is 0.403. The van der Waals surface area contributed by atoms with E-state index >= 15 is 0 Å². The van der Waals surface area contributed by atoms with Gasteiger partial charge in [0.1, 0.15) is 5.75 Å². The van der Waals surface area contributed by atoms with Gasteiger partial charge in [0.25, 0.3) is 0 Å². The van der Waals surface area contributed by atoms with Crippen LogP contribution in [0.5, 0.6) is 5.75 Å². The van der Waals surface area contributed by atoms with E-state index in [2.05, 4.69) is 73.7 Å². The summed E-state index contributed by atoms with van der Waals surface area (Å²) in [4.78, 5) is 0. The van der Waals surface area contributed by atoms with Gasteiger partial charge in [0, 0.05) is 0 Å². The Morgan fingerprint density at radius 1 is 1.00 bits per heavy atom. The second-order valence-electron chi connectivity index (χ2n) is 8.11. The molecule has 1 aromatic carbocycles. The second kappa shape index (κ2) is 14.2. The van der Waals surface area contributed by atoms with Crippen molar-refractivity contribution >= 4 is 5.43 Å². The molecule has 0 spiro atoms. The maximum atomic E-state index is 9.36. The monoisotopic (exact) mass is 503 g/mol. The number of rotatable bonds is 0. The third kappa shape index (κ3) is 13.1. The molecule has 0 fully saturated rings. The number of benzene rings is 1. The minimum atomic E-state index is 0. The molecule has 1 N–H and O–H groups in total. The molecule has 0 aliphatic heterocycles. The fraction of sp³-hybridized carbons (Fsp3) is 0.545. The van der Waals surface area contributed by atoms with E-state index in [-0.39, 0.29) is 35.7 Å². The van der Waals surface area contributed by atoms with Crippen molar-refractivity contribution in [2.24, 2.45) is 5.92 Å². The summed E-state index contributed by atoms with van der Waals surface area (Å²) >= 11 is 1.74. The van der Waals surface area contributed by atoms with Gasteiger partial charge in [0.05, 0.1) is 0 Å². The van der Waals surface area contributed by atoms with Crippen molar-refractivity contribution in [2.75, 3.05) is 0 Å². The summed E-state index contributed by atoms with van der Waals surface area (Å²) in [6.07, 6.45) is 3.36. The van der Waals surface area contributed by atoms with Crippen LogP contribution in [0, 0.1) is 18.9 Å².